The lowest BCUT2D eigenvalue weighted by Crippen LogP contribution is -2.38. The van der Waals surface area contributed by atoms with Gasteiger partial charge in [0.15, 0.2) is 17.0 Å². The van der Waals surface area contributed by atoms with E-state index in [0.29, 0.717) is 30.7 Å². The summed E-state index contributed by atoms with van der Waals surface area (Å²) in [6.45, 7) is 4.02. The molecule has 1 N–H and O–H groups in total. The Morgan fingerprint density at radius 1 is 1.18 bits per heavy atom. The average molecular weight is 486 g/mol. The number of nitrogens with zero attached hydrogens (tertiary/aromatic N) is 4. The van der Waals surface area contributed by atoms with E-state index < -0.39 is 23.6 Å². The van der Waals surface area contributed by atoms with Crippen molar-refractivity contribution in [3.8, 4) is 11.3 Å². The van der Waals surface area contributed by atoms with E-state index in [0.717, 1.165) is 37.8 Å². The third-order valence-electron chi connectivity index (χ3n) is 5.22. The number of hydrogen-bond donors (Lipinski definition) is 1. The van der Waals surface area contributed by atoms with Crippen molar-refractivity contribution in [2.75, 3.05) is 39.4 Å². The van der Waals surface area contributed by atoms with Gasteiger partial charge < -0.3 is 10.1 Å². The molecule has 1 saturated heterocycles. The van der Waals surface area contributed by atoms with Crippen LogP contribution in [0.15, 0.2) is 30.3 Å². The fraction of sp³-hybridized carbons (Fsp3) is 0.381. The van der Waals surface area contributed by atoms with Gasteiger partial charge in [-0.25, -0.2) is 13.9 Å². The van der Waals surface area contributed by atoms with Crippen LogP contribution in [0, 0.1) is 5.82 Å². The molecule has 1 amide bonds. The molecule has 1 fully saturated rings. The maximum absolute atomic E-state index is 13.7. The Bertz CT molecular complexity index is 1140. The molecular weight excluding hydrogens is 466 g/mol. The molecule has 7 nitrogen and oxygen atoms in total. The largest absolute Gasteiger partial charge is 0.433 e. The SMILES string of the molecule is O=C(NCCCN1CCOCC1)c1nn2c(C(F)(F)F)cc(-c3ccc(F)cc3)nc2c1Cl. The van der Waals surface area contributed by atoms with Gasteiger partial charge in [0.2, 0.25) is 0 Å². The van der Waals surface area contributed by atoms with Gasteiger partial charge in [-0.05, 0) is 43.3 Å². The highest BCUT2D eigenvalue weighted by atomic mass is 35.5. The number of alkyl halides is 3. The maximum atomic E-state index is 13.7. The summed E-state index contributed by atoms with van der Waals surface area (Å²) < 4.78 is 60.2. The standard InChI is InChI=1S/C21H20ClF4N5O2/c22-17-18(20(32)27-6-1-7-30-8-10-33-11-9-30)29-31-16(21(24,25)26)12-15(28-19(17)31)13-2-4-14(23)5-3-13/h2-5,12H,1,6-11H2,(H,27,32). The lowest BCUT2D eigenvalue weighted by atomic mass is 10.1. The minimum Gasteiger partial charge on any atom is -0.379 e. The van der Waals surface area contributed by atoms with Gasteiger partial charge in [-0.2, -0.15) is 18.3 Å². The number of morpholine rings is 1. The highest BCUT2D eigenvalue weighted by Gasteiger charge is 2.36. The summed E-state index contributed by atoms with van der Waals surface area (Å²) in [7, 11) is 0. The molecule has 0 unspecified atom stereocenters. The molecule has 0 bridgehead atoms. The van der Waals surface area contributed by atoms with Crippen LogP contribution in [0.5, 0.6) is 0 Å². The fourth-order valence-electron chi connectivity index (χ4n) is 3.52. The third kappa shape index (κ3) is 5.26. The molecular formula is C21H20ClF4N5O2. The van der Waals surface area contributed by atoms with Gasteiger partial charge >= 0.3 is 6.18 Å². The molecule has 33 heavy (non-hydrogen) atoms. The van der Waals surface area contributed by atoms with Gasteiger partial charge in [-0.1, -0.05) is 11.6 Å². The first-order valence-corrected chi connectivity index (χ1v) is 10.6. The van der Waals surface area contributed by atoms with Crippen molar-refractivity contribution in [3.05, 3.63) is 52.6 Å². The number of carbonyl (C=O) groups is 1. The smallest absolute Gasteiger partial charge is 0.379 e. The Kier molecular flexibility index (Phi) is 6.82. The summed E-state index contributed by atoms with van der Waals surface area (Å²) >= 11 is 6.24. The van der Waals surface area contributed by atoms with E-state index in [1.54, 1.807) is 0 Å². The van der Waals surface area contributed by atoms with Gasteiger partial charge in [-0.3, -0.25) is 9.69 Å². The number of halogens is 5. The van der Waals surface area contributed by atoms with Crippen LogP contribution in [0.4, 0.5) is 17.6 Å². The Labute approximate surface area is 191 Å². The van der Waals surface area contributed by atoms with E-state index in [-0.39, 0.29) is 27.6 Å². The summed E-state index contributed by atoms with van der Waals surface area (Å²) in [6, 6.07) is 5.62. The van der Waals surface area contributed by atoms with Crippen LogP contribution in [0.3, 0.4) is 0 Å². The minimum absolute atomic E-state index is 0.0749. The van der Waals surface area contributed by atoms with Crippen molar-refractivity contribution < 1.29 is 27.1 Å². The number of carbonyl (C=O) groups excluding carboxylic acids is 1. The van der Waals surface area contributed by atoms with Crippen LogP contribution in [0.2, 0.25) is 5.02 Å². The minimum atomic E-state index is -4.79. The van der Waals surface area contributed by atoms with Crippen molar-refractivity contribution >= 4 is 23.2 Å². The number of benzene rings is 1. The molecule has 0 saturated carbocycles. The number of ether oxygens (including phenoxy) is 1. The topological polar surface area (TPSA) is 71.8 Å². The molecule has 3 aromatic rings. The van der Waals surface area contributed by atoms with E-state index in [9.17, 15) is 22.4 Å². The molecule has 1 aromatic carbocycles. The zero-order chi connectivity index (χ0) is 23.6. The van der Waals surface area contributed by atoms with Gasteiger partial charge in [0.05, 0.1) is 18.9 Å². The first-order valence-electron chi connectivity index (χ1n) is 10.2. The van der Waals surface area contributed by atoms with E-state index in [1.807, 2.05) is 0 Å². The lowest BCUT2D eigenvalue weighted by Gasteiger charge is -2.26. The van der Waals surface area contributed by atoms with Crippen LogP contribution in [-0.4, -0.2) is 64.8 Å². The second kappa shape index (κ2) is 9.62. The summed E-state index contributed by atoms with van der Waals surface area (Å²) in [4.78, 5) is 18.9. The third-order valence-corrected chi connectivity index (χ3v) is 5.57. The Balaban J connectivity index is 1.58. The molecule has 1 aliphatic rings. The number of rotatable bonds is 6. The summed E-state index contributed by atoms with van der Waals surface area (Å²) in [5.74, 6) is -1.23. The molecule has 0 spiro atoms. The number of nitrogens with one attached hydrogen (secondary N) is 1. The predicted molar refractivity (Wildman–Crippen MR) is 113 cm³/mol. The number of aromatic nitrogens is 3. The summed E-state index contributed by atoms with van der Waals surface area (Å²) in [6.07, 6.45) is -4.14. The molecule has 4 rings (SSSR count). The molecule has 2 aromatic heterocycles. The van der Waals surface area contributed by atoms with Gasteiger partial charge in [0, 0.05) is 25.2 Å². The lowest BCUT2D eigenvalue weighted by molar-refractivity contribution is -0.142. The fourth-order valence-corrected chi connectivity index (χ4v) is 3.77. The van der Waals surface area contributed by atoms with Crippen molar-refractivity contribution in [2.24, 2.45) is 0 Å². The second-order valence-electron chi connectivity index (χ2n) is 7.49. The normalized spacial score (nSPS) is 15.2. The molecule has 12 heteroatoms. The van der Waals surface area contributed by atoms with Crippen LogP contribution >= 0.6 is 11.6 Å². The predicted octanol–water partition coefficient (Wildman–Crippen LogP) is 3.66. The van der Waals surface area contributed by atoms with Crippen LogP contribution in [0.25, 0.3) is 16.9 Å². The van der Waals surface area contributed by atoms with Crippen molar-refractivity contribution in [3.63, 3.8) is 0 Å². The Hall–Kier alpha value is -2.76. The quantitative estimate of drug-likeness (QED) is 0.426. The van der Waals surface area contributed by atoms with E-state index >= 15 is 0 Å². The van der Waals surface area contributed by atoms with Gasteiger partial charge in [0.25, 0.3) is 5.91 Å². The maximum Gasteiger partial charge on any atom is 0.433 e. The van der Waals surface area contributed by atoms with Crippen LogP contribution in [-0.2, 0) is 10.9 Å². The van der Waals surface area contributed by atoms with Crippen LogP contribution < -0.4 is 5.32 Å². The highest BCUT2D eigenvalue weighted by Crippen LogP contribution is 2.34. The average Bonchev–Trinajstić information content (AvgIpc) is 3.13. The summed E-state index contributed by atoms with van der Waals surface area (Å²) in [5, 5.41) is 6.15. The second-order valence-corrected chi connectivity index (χ2v) is 7.87. The number of amides is 1. The molecule has 3 heterocycles. The van der Waals surface area contributed by atoms with Crippen molar-refractivity contribution in [1.29, 1.82) is 0 Å². The molecule has 176 valence electrons. The zero-order valence-corrected chi connectivity index (χ0v) is 18.1. The molecule has 1 aliphatic heterocycles. The molecule has 0 radical (unpaired) electrons. The number of fused-ring (bicyclic) bond motifs is 1. The van der Waals surface area contributed by atoms with E-state index in [2.05, 4.69) is 20.3 Å². The Morgan fingerprint density at radius 2 is 1.88 bits per heavy atom. The summed E-state index contributed by atoms with van der Waals surface area (Å²) in [5.41, 5.74) is -1.63. The zero-order valence-electron chi connectivity index (χ0n) is 17.3. The molecule has 0 aliphatic carbocycles. The number of hydrogen-bond acceptors (Lipinski definition) is 5. The first kappa shape index (κ1) is 23.4. The van der Waals surface area contributed by atoms with Crippen molar-refractivity contribution in [1.82, 2.24) is 24.8 Å². The highest BCUT2D eigenvalue weighted by molar-refractivity contribution is 6.36. The van der Waals surface area contributed by atoms with Gasteiger partial charge in [-0.15, -0.1) is 0 Å². The monoisotopic (exact) mass is 485 g/mol. The van der Waals surface area contributed by atoms with E-state index in [4.69, 9.17) is 16.3 Å². The van der Waals surface area contributed by atoms with Gasteiger partial charge in [0.1, 0.15) is 10.8 Å². The molecule has 0 atom stereocenters. The Morgan fingerprint density at radius 3 is 2.55 bits per heavy atom. The first-order chi connectivity index (χ1) is 15.7. The van der Waals surface area contributed by atoms with Crippen LogP contribution in [0.1, 0.15) is 22.6 Å². The van der Waals surface area contributed by atoms with Crippen molar-refractivity contribution in [2.45, 2.75) is 12.6 Å². The van der Waals surface area contributed by atoms with E-state index in [1.165, 1.54) is 12.1 Å².